The van der Waals surface area contributed by atoms with E-state index in [1.165, 1.54) is 18.1 Å². The lowest BCUT2D eigenvalue weighted by Gasteiger charge is -2.59. The number of aliphatic hydroxyl groups is 2. The number of nitrogens with one attached hydrogen (secondary N) is 2. The van der Waals surface area contributed by atoms with Gasteiger partial charge >= 0.3 is 12.1 Å². The number of amides is 4. The number of benzene rings is 6. The van der Waals surface area contributed by atoms with Gasteiger partial charge in [-0.25, -0.2) is 9.59 Å². The first-order chi connectivity index (χ1) is 44.5. The van der Waals surface area contributed by atoms with E-state index in [0.29, 0.717) is 44.1 Å². The fourth-order valence-corrected chi connectivity index (χ4v) is 13.2. The van der Waals surface area contributed by atoms with E-state index in [1.807, 2.05) is 142 Å². The molecule has 488 valence electrons. The normalized spacial score (nSPS) is 25.1. The Morgan fingerprint density at radius 1 is 0.527 bits per heavy atom. The number of hydrogen-bond acceptors (Lipinski definition) is 13. The Hall–Kier alpha value is -7.96. The van der Waals surface area contributed by atoms with Crippen LogP contribution in [0, 0.1) is 35.0 Å². The van der Waals surface area contributed by atoms with E-state index in [0.717, 1.165) is 84.8 Å². The zero-order chi connectivity index (χ0) is 64.5. The predicted molar refractivity (Wildman–Crippen MR) is 365 cm³/mol. The van der Waals surface area contributed by atoms with Crippen LogP contribution in [-0.4, -0.2) is 199 Å². The van der Waals surface area contributed by atoms with Crippen molar-refractivity contribution in [2.75, 3.05) is 91.2 Å². The Morgan fingerprint density at radius 3 is 1.27 bits per heavy atom. The molecular formula is C75H88ClN9O8. The van der Waals surface area contributed by atoms with Gasteiger partial charge in [0.15, 0.2) is 5.79 Å². The highest BCUT2D eigenvalue weighted by molar-refractivity contribution is 5.90. The fourth-order valence-electron chi connectivity index (χ4n) is 13.2. The number of aliphatic hydroxyl groups excluding tert-OH is 2. The second kappa shape index (κ2) is 30.9. The molecule has 5 aliphatic heterocycles. The molecule has 4 N–H and O–H groups in total. The van der Waals surface area contributed by atoms with Crippen LogP contribution in [0.25, 0.3) is 0 Å². The maximum Gasteiger partial charge on any atom is 0.321 e. The van der Waals surface area contributed by atoms with Crippen LogP contribution < -0.4 is 20.1 Å². The van der Waals surface area contributed by atoms with Gasteiger partial charge in [0.2, 0.25) is 0 Å². The number of rotatable bonds is 12. The van der Waals surface area contributed by atoms with Crippen molar-refractivity contribution < 1.29 is 38.7 Å². The number of anilines is 2. The molecule has 0 aromatic heterocycles. The maximum atomic E-state index is 13.9. The van der Waals surface area contributed by atoms with Crippen molar-refractivity contribution in [1.82, 2.24) is 29.4 Å². The summed E-state index contributed by atoms with van der Waals surface area (Å²) in [4.78, 5) is 40.2. The minimum atomic E-state index is -1.04. The van der Waals surface area contributed by atoms with Gasteiger partial charge in [0.05, 0.1) is 43.6 Å². The van der Waals surface area contributed by atoms with Gasteiger partial charge in [0, 0.05) is 116 Å². The zero-order valence-electron chi connectivity index (χ0n) is 54.3. The molecule has 6 aromatic carbocycles. The van der Waals surface area contributed by atoms with Crippen LogP contribution in [-0.2, 0) is 9.47 Å². The van der Waals surface area contributed by atoms with Gasteiger partial charge in [0.1, 0.15) is 23.7 Å². The third-order valence-electron chi connectivity index (χ3n) is 17.9. The molecule has 18 heteroatoms. The van der Waals surface area contributed by atoms with Gasteiger partial charge < -0.3 is 59.4 Å². The van der Waals surface area contributed by atoms with Crippen LogP contribution in [0.3, 0.4) is 0 Å². The third kappa shape index (κ3) is 17.8. The quantitative estimate of drug-likeness (QED) is 0.0852. The third-order valence-corrected chi connectivity index (χ3v) is 17.9. The molecule has 0 radical (unpaired) electrons. The summed E-state index contributed by atoms with van der Waals surface area (Å²) in [7, 11) is 8.34. The van der Waals surface area contributed by atoms with E-state index in [9.17, 15) is 19.8 Å². The first-order valence-electron chi connectivity index (χ1n) is 32.3. The van der Waals surface area contributed by atoms with E-state index in [2.05, 4.69) is 117 Å². The number of urea groups is 2. The van der Waals surface area contributed by atoms with Gasteiger partial charge in [-0.15, -0.1) is 12.4 Å². The number of halogens is 1. The summed E-state index contributed by atoms with van der Waals surface area (Å²) in [5, 5.41) is 35.1. The molecule has 5 heterocycles. The monoisotopic (exact) mass is 1280 g/mol. The van der Waals surface area contributed by atoms with Crippen molar-refractivity contribution in [3.05, 3.63) is 191 Å². The van der Waals surface area contributed by atoms with E-state index < -0.39 is 18.0 Å². The maximum absolute atomic E-state index is 13.9. The molecule has 17 nitrogen and oxygen atoms in total. The van der Waals surface area contributed by atoms with Crippen LogP contribution >= 0.6 is 12.4 Å². The van der Waals surface area contributed by atoms with Gasteiger partial charge in [-0.1, -0.05) is 84.3 Å². The van der Waals surface area contributed by atoms with Crippen molar-refractivity contribution in [1.29, 1.82) is 5.26 Å². The fraction of sp³-hybridized carbons (Fsp3) is 0.427. The van der Waals surface area contributed by atoms with E-state index >= 15 is 0 Å². The van der Waals surface area contributed by atoms with Crippen LogP contribution in [0.5, 0.6) is 11.5 Å². The average molecular weight is 1280 g/mol. The second-order valence-electron chi connectivity index (χ2n) is 26.1. The van der Waals surface area contributed by atoms with Crippen molar-refractivity contribution >= 4 is 35.8 Å². The number of nitrogens with zero attached hydrogens (tertiary/aromatic N) is 7. The van der Waals surface area contributed by atoms with Crippen molar-refractivity contribution in [3.8, 4) is 41.2 Å². The number of likely N-dealkylation sites (N-methyl/N-ethyl adjacent to an activating group) is 2. The molecule has 2 saturated carbocycles. The Bertz CT molecular complexity index is 3600. The molecule has 0 bridgehead atoms. The summed E-state index contributed by atoms with van der Waals surface area (Å²) in [5.41, 5.74) is 7.76. The molecule has 6 aromatic rings. The van der Waals surface area contributed by atoms with Gasteiger partial charge in [-0.2, -0.15) is 5.26 Å². The summed E-state index contributed by atoms with van der Waals surface area (Å²) in [6.07, 6.45) is 2.69. The predicted octanol–water partition coefficient (Wildman–Crippen LogP) is 9.94. The number of β-amino-alcohol motifs (C(OH)–C–C–N with tert-alkyl or cyclic N) is 1. The SMILES string of the molecule is CC#N.CN(C)C[C@@H]1[C@H](c2ccc(C#Cc3ccccc3)cc2)[C@@H]2CN(C(=O)Nc3ccc(OC4CC4)cc3)C[C@@H](O)[C@@H](O)CN12.CN(C)C[C@@H]1[C@H](c2ccc(C#Cc3ccccc3)cc2)[C@@H]2CN(C(=O)Nc3ccc(OC4CC4)cc3)C[C@H]3OC(C)(C)O[C@H]3CN12.Cl. The lowest BCUT2D eigenvalue weighted by atomic mass is 9.73. The van der Waals surface area contributed by atoms with Crippen molar-refractivity contribution in [3.63, 3.8) is 0 Å². The highest BCUT2D eigenvalue weighted by Gasteiger charge is 2.56. The first kappa shape index (κ1) is 67.9. The number of ether oxygens (including phenoxy) is 4. The molecule has 5 saturated heterocycles. The molecular weight excluding hydrogens is 1190 g/mol. The molecule has 93 heavy (non-hydrogen) atoms. The largest absolute Gasteiger partial charge is 0.490 e. The summed E-state index contributed by atoms with van der Waals surface area (Å²) in [6, 6.07) is 54.0. The highest BCUT2D eigenvalue weighted by Crippen LogP contribution is 2.46. The topological polar surface area (TPSA) is 179 Å². The van der Waals surface area contributed by atoms with Crippen LogP contribution in [0.1, 0.15) is 91.7 Å². The molecule has 7 aliphatic rings. The molecule has 2 aliphatic carbocycles. The van der Waals surface area contributed by atoms with Crippen molar-refractivity contribution in [2.45, 2.75) is 125 Å². The Morgan fingerprint density at radius 2 is 0.882 bits per heavy atom. The average Bonchev–Trinajstić information content (AvgIpc) is 1.50. The van der Waals surface area contributed by atoms with Crippen LogP contribution in [0.15, 0.2) is 158 Å². The first-order valence-corrected chi connectivity index (χ1v) is 32.3. The lowest BCUT2D eigenvalue weighted by Crippen LogP contribution is -2.71. The number of carbonyl (C=O) groups is 2. The van der Waals surface area contributed by atoms with Gasteiger partial charge in [-0.3, -0.25) is 9.80 Å². The van der Waals surface area contributed by atoms with Crippen LogP contribution in [0.2, 0.25) is 0 Å². The van der Waals surface area contributed by atoms with Crippen LogP contribution in [0.4, 0.5) is 21.0 Å². The molecule has 7 fully saturated rings. The standard InChI is InChI=1S/C38H44N4O4.C35H40N4O4.C2H3N.ClH/c1-38(2)45-34-24-41(37(43)39-29-16-18-30(19-17-29)44-31-20-21-31)23-33-36(32(22-40(3)4)42(33)25-35(34)46-38)28-14-12-27(13-15-28)11-10-26-8-6-5-7-9-26;1-37(2)20-30-34(26-12-10-25(11-13-26)9-8-24-6-4-3-5-7-24)31-21-38(22-32(40)33(41)23-39(30)31)35(42)36-27-14-16-28(17-15-27)43-29-18-19-29;1-2-3;/h5-9,12-19,31-36H,20-25H2,1-4H3,(H,39,43);3-7,10-17,29-34,40-41H,18-23H2,1-2H3,(H,36,42);1H3;1H/t32-,33+,34-,35+,36+;30-,31+,32-,33+,34+;;/m11../s1. The second-order valence-corrected chi connectivity index (χ2v) is 26.1. The smallest absolute Gasteiger partial charge is 0.321 e. The summed E-state index contributed by atoms with van der Waals surface area (Å²) >= 11 is 0. The van der Waals surface area contributed by atoms with E-state index in [4.69, 9.17) is 24.2 Å². The van der Waals surface area contributed by atoms with E-state index in [1.54, 1.807) is 11.0 Å². The minimum Gasteiger partial charge on any atom is -0.490 e. The summed E-state index contributed by atoms with van der Waals surface area (Å²) < 4.78 is 24.5. The number of fused-ring (bicyclic) bond motifs is 3. The van der Waals surface area contributed by atoms with Crippen molar-refractivity contribution in [2.24, 2.45) is 0 Å². The zero-order valence-corrected chi connectivity index (χ0v) is 55.1. The van der Waals surface area contributed by atoms with Gasteiger partial charge in [0.25, 0.3) is 0 Å². The minimum absolute atomic E-state index is 0. The molecule has 13 rings (SSSR count). The molecule has 4 amide bonds. The Kier molecular flexibility index (Phi) is 22.5. The van der Waals surface area contributed by atoms with E-state index in [-0.39, 0.29) is 79.2 Å². The summed E-state index contributed by atoms with van der Waals surface area (Å²) in [6.45, 7) is 9.72. The number of hydrogen-bond donors (Lipinski definition) is 4. The lowest BCUT2D eigenvalue weighted by molar-refractivity contribution is -0.150. The van der Waals surface area contributed by atoms with Gasteiger partial charge in [-0.05, 0) is 176 Å². The highest BCUT2D eigenvalue weighted by atomic mass is 35.5. The Labute approximate surface area is 554 Å². The molecule has 10 atom stereocenters. The molecule has 0 unspecified atom stereocenters. The summed E-state index contributed by atoms with van der Waals surface area (Å²) in [5.74, 6) is 14.4. The number of nitriles is 1. The number of carbonyl (C=O) groups excluding carboxylic acids is 2. The Balaban J connectivity index is 0.000000194. The molecule has 0 spiro atoms.